The minimum atomic E-state index is -0.255. The van der Waals surface area contributed by atoms with Crippen molar-refractivity contribution in [1.29, 1.82) is 0 Å². The SMILES string of the molecule is COc1ccc(Nc2cc(C)nc(NCCNC(=O)Nc3cccc(C)c3)n2)cc1. The Hall–Kier alpha value is -3.81. The van der Waals surface area contributed by atoms with Crippen molar-refractivity contribution in [2.75, 3.05) is 36.1 Å². The Labute approximate surface area is 176 Å². The van der Waals surface area contributed by atoms with Gasteiger partial charge in [0.25, 0.3) is 0 Å². The monoisotopic (exact) mass is 406 g/mol. The van der Waals surface area contributed by atoms with Gasteiger partial charge in [-0.3, -0.25) is 0 Å². The number of methoxy groups -OCH3 is 1. The number of hydrogen-bond donors (Lipinski definition) is 4. The highest BCUT2D eigenvalue weighted by Crippen LogP contribution is 2.19. The fourth-order valence-corrected chi connectivity index (χ4v) is 2.78. The van der Waals surface area contributed by atoms with E-state index in [1.165, 1.54) is 0 Å². The van der Waals surface area contributed by atoms with Crippen LogP contribution in [0.4, 0.5) is 27.9 Å². The lowest BCUT2D eigenvalue weighted by molar-refractivity contribution is 0.252. The number of amides is 2. The predicted molar refractivity (Wildman–Crippen MR) is 120 cm³/mol. The molecule has 3 rings (SSSR count). The van der Waals surface area contributed by atoms with Crippen molar-refractivity contribution in [3.8, 4) is 5.75 Å². The second-order valence-corrected chi connectivity index (χ2v) is 6.75. The van der Waals surface area contributed by atoms with Crippen LogP contribution < -0.4 is 26.0 Å². The fourth-order valence-electron chi connectivity index (χ4n) is 2.78. The molecular weight excluding hydrogens is 380 g/mol. The molecule has 30 heavy (non-hydrogen) atoms. The molecular formula is C22H26N6O2. The first-order valence-corrected chi connectivity index (χ1v) is 9.64. The average Bonchev–Trinajstić information content (AvgIpc) is 2.71. The van der Waals surface area contributed by atoms with Crippen LogP contribution in [0.5, 0.6) is 5.75 Å². The molecule has 0 bridgehead atoms. The standard InChI is InChI=1S/C22H26N6O2/c1-15-5-4-6-18(13-15)27-22(29)24-12-11-23-21-25-16(2)14-20(28-21)26-17-7-9-19(30-3)10-8-17/h4-10,13-14H,11-12H2,1-3H3,(H2,24,27,29)(H2,23,25,26,28). The summed E-state index contributed by atoms with van der Waals surface area (Å²) in [4.78, 5) is 20.9. The van der Waals surface area contributed by atoms with Crippen molar-refractivity contribution in [2.24, 2.45) is 0 Å². The zero-order valence-corrected chi connectivity index (χ0v) is 17.3. The molecule has 2 amide bonds. The molecule has 2 aromatic carbocycles. The first-order valence-electron chi connectivity index (χ1n) is 9.64. The number of urea groups is 1. The molecule has 0 aliphatic rings. The minimum Gasteiger partial charge on any atom is -0.497 e. The number of benzene rings is 2. The number of rotatable bonds is 8. The van der Waals surface area contributed by atoms with Crippen LogP contribution in [0.1, 0.15) is 11.3 Å². The summed E-state index contributed by atoms with van der Waals surface area (Å²) in [5.74, 6) is 1.97. The number of carbonyl (C=O) groups is 1. The van der Waals surface area contributed by atoms with Crippen LogP contribution in [-0.2, 0) is 0 Å². The number of nitrogens with one attached hydrogen (secondary N) is 4. The number of aromatic nitrogens is 2. The Balaban J connectivity index is 1.48. The van der Waals surface area contributed by atoms with E-state index in [1.54, 1.807) is 7.11 Å². The van der Waals surface area contributed by atoms with Gasteiger partial charge in [-0.15, -0.1) is 0 Å². The molecule has 4 N–H and O–H groups in total. The van der Waals surface area contributed by atoms with E-state index < -0.39 is 0 Å². The Bertz CT molecular complexity index is 991. The smallest absolute Gasteiger partial charge is 0.319 e. The third-order valence-electron chi connectivity index (χ3n) is 4.19. The molecule has 0 aliphatic heterocycles. The van der Waals surface area contributed by atoms with Gasteiger partial charge in [-0.2, -0.15) is 4.98 Å². The van der Waals surface area contributed by atoms with E-state index >= 15 is 0 Å². The van der Waals surface area contributed by atoms with Crippen LogP contribution in [0.2, 0.25) is 0 Å². The summed E-state index contributed by atoms with van der Waals surface area (Å²) in [6, 6.07) is 16.8. The van der Waals surface area contributed by atoms with Gasteiger partial charge in [-0.05, 0) is 55.8 Å². The lowest BCUT2D eigenvalue weighted by Crippen LogP contribution is -2.32. The van der Waals surface area contributed by atoms with Crippen LogP contribution >= 0.6 is 0 Å². The molecule has 0 aliphatic carbocycles. The van der Waals surface area contributed by atoms with Crippen LogP contribution in [0.3, 0.4) is 0 Å². The predicted octanol–water partition coefficient (Wildman–Crippen LogP) is 4.08. The maximum absolute atomic E-state index is 12.0. The van der Waals surface area contributed by atoms with Crippen molar-refractivity contribution in [1.82, 2.24) is 15.3 Å². The van der Waals surface area contributed by atoms with Gasteiger partial charge in [-0.1, -0.05) is 12.1 Å². The van der Waals surface area contributed by atoms with E-state index in [-0.39, 0.29) is 6.03 Å². The lowest BCUT2D eigenvalue weighted by atomic mass is 10.2. The van der Waals surface area contributed by atoms with Crippen LogP contribution in [-0.4, -0.2) is 36.2 Å². The zero-order valence-electron chi connectivity index (χ0n) is 17.3. The van der Waals surface area contributed by atoms with Crippen molar-refractivity contribution in [2.45, 2.75) is 13.8 Å². The summed E-state index contributed by atoms with van der Waals surface area (Å²) in [5, 5.41) is 12.0. The molecule has 0 radical (unpaired) electrons. The van der Waals surface area contributed by atoms with Crippen LogP contribution in [0, 0.1) is 13.8 Å². The Morgan fingerprint density at radius 1 is 0.967 bits per heavy atom. The van der Waals surface area contributed by atoms with Gasteiger partial charge < -0.3 is 26.0 Å². The van der Waals surface area contributed by atoms with Gasteiger partial charge in [0.2, 0.25) is 5.95 Å². The van der Waals surface area contributed by atoms with Crippen LogP contribution in [0.25, 0.3) is 0 Å². The summed E-state index contributed by atoms with van der Waals surface area (Å²) >= 11 is 0. The average molecular weight is 406 g/mol. The van der Waals surface area contributed by atoms with E-state index in [0.29, 0.717) is 24.9 Å². The molecule has 0 unspecified atom stereocenters. The van der Waals surface area contributed by atoms with Crippen molar-refractivity contribution in [3.63, 3.8) is 0 Å². The molecule has 3 aromatic rings. The van der Waals surface area contributed by atoms with Gasteiger partial charge in [-0.25, -0.2) is 9.78 Å². The minimum absolute atomic E-state index is 0.255. The van der Waals surface area contributed by atoms with Gasteiger partial charge in [0.05, 0.1) is 7.11 Å². The van der Waals surface area contributed by atoms with Gasteiger partial charge in [0, 0.05) is 36.2 Å². The van der Waals surface area contributed by atoms with Crippen molar-refractivity contribution in [3.05, 3.63) is 65.9 Å². The quantitative estimate of drug-likeness (QED) is 0.421. The van der Waals surface area contributed by atoms with Gasteiger partial charge in [0.15, 0.2) is 0 Å². The number of nitrogens with zero attached hydrogens (tertiary/aromatic N) is 2. The molecule has 1 aromatic heterocycles. The summed E-state index contributed by atoms with van der Waals surface area (Å²) < 4.78 is 5.17. The number of anilines is 4. The normalized spacial score (nSPS) is 10.2. The summed E-state index contributed by atoms with van der Waals surface area (Å²) in [6.07, 6.45) is 0. The maximum atomic E-state index is 12.0. The molecule has 156 valence electrons. The van der Waals surface area contributed by atoms with E-state index in [0.717, 1.165) is 28.4 Å². The number of hydrogen-bond acceptors (Lipinski definition) is 6. The second-order valence-electron chi connectivity index (χ2n) is 6.75. The molecule has 0 spiro atoms. The molecule has 0 atom stereocenters. The summed E-state index contributed by atoms with van der Waals surface area (Å²) in [5.41, 5.74) is 3.57. The number of carbonyl (C=O) groups excluding carboxylic acids is 1. The topological polar surface area (TPSA) is 100 Å². The van der Waals surface area contributed by atoms with Gasteiger partial charge in [0.1, 0.15) is 11.6 Å². The highest BCUT2D eigenvalue weighted by molar-refractivity contribution is 5.89. The Morgan fingerprint density at radius 2 is 1.77 bits per heavy atom. The molecule has 0 saturated carbocycles. The number of aryl methyl sites for hydroxylation is 2. The Kier molecular flexibility index (Phi) is 7.05. The molecule has 0 fully saturated rings. The zero-order chi connectivity index (χ0) is 21.3. The van der Waals surface area contributed by atoms with E-state index in [9.17, 15) is 4.79 Å². The van der Waals surface area contributed by atoms with Crippen LogP contribution in [0.15, 0.2) is 54.6 Å². The van der Waals surface area contributed by atoms with Crippen molar-refractivity contribution < 1.29 is 9.53 Å². The highest BCUT2D eigenvalue weighted by Gasteiger charge is 2.05. The third-order valence-corrected chi connectivity index (χ3v) is 4.19. The van der Waals surface area contributed by atoms with E-state index in [4.69, 9.17) is 4.74 Å². The first kappa shape index (κ1) is 20.9. The van der Waals surface area contributed by atoms with E-state index in [2.05, 4.69) is 31.2 Å². The van der Waals surface area contributed by atoms with E-state index in [1.807, 2.05) is 68.4 Å². The first-order chi connectivity index (χ1) is 14.5. The maximum Gasteiger partial charge on any atom is 0.319 e. The number of ether oxygens (including phenoxy) is 1. The molecule has 8 nitrogen and oxygen atoms in total. The molecule has 0 saturated heterocycles. The molecule has 1 heterocycles. The summed E-state index contributed by atoms with van der Waals surface area (Å²) in [6.45, 7) is 4.80. The third kappa shape index (κ3) is 6.37. The van der Waals surface area contributed by atoms with Crippen molar-refractivity contribution >= 4 is 29.2 Å². The lowest BCUT2D eigenvalue weighted by Gasteiger charge is -2.11. The highest BCUT2D eigenvalue weighted by atomic mass is 16.5. The molecule has 8 heteroatoms. The second kappa shape index (κ2) is 10.1. The Morgan fingerprint density at radius 3 is 2.50 bits per heavy atom. The summed E-state index contributed by atoms with van der Waals surface area (Å²) in [7, 11) is 1.63. The van der Waals surface area contributed by atoms with Gasteiger partial charge >= 0.3 is 6.03 Å². The fraction of sp³-hybridized carbons (Fsp3) is 0.227. The largest absolute Gasteiger partial charge is 0.497 e.